The van der Waals surface area contributed by atoms with Crippen molar-refractivity contribution in [1.82, 2.24) is 19.9 Å². The van der Waals surface area contributed by atoms with Gasteiger partial charge in [0.05, 0.1) is 28.3 Å². The van der Waals surface area contributed by atoms with E-state index in [1.165, 1.54) is 11.8 Å². The minimum atomic E-state index is 0.0654. The van der Waals surface area contributed by atoms with Crippen molar-refractivity contribution in [3.8, 4) is 44.5 Å². The molecule has 2 N–H and O–H groups in total. The number of carbonyl (C=O) groups excluding carboxylic acids is 1. The van der Waals surface area contributed by atoms with Gasteiger partial charge < -0.3 is 9.97 Å². The molecule has 0 amide bonds. The number of H-pyrrole nitrogens is 2. The number of nitrogens with one attached hydrogen (secondary N) is 2. The number of hydrogen-bond donors (Lipinski definition) is 2. The summed E-state index contributed by atoms with van der Waals surface area (Å²) in [6.07, 6.45) is 8.40. The quantitative estimate of drug-likeness (QED) is 0.181. The lowest BCUT2D eigenvalue weighted by Crippen LogP contribution is -1.90. The topological polar surface area (TPSA) is 74.4 Å². The van der Waals surface area contributed by atoms with Crippen molar-refractivity contribution in [2.45, 2.75) is 12.7 Å². The number of thioether (sulfide) groups is 1. The molecule has 0 saturated carbocycles. The van der Waals surface area contributed by atoms with E-state index in [-0.39, 0.29) is 5.12 Å². The Labute approximate surface area is 311 Å². The summed E-state index contributed by atoms with van der Waals surface area (Å²) in [5.74, 6) is 0.496. The average Bonchev–Trinajstić information content (AvgIpc) is 4.02. The maximum Gasteiger partial charge on any atom is 0.186 e. The zero-order valence-corrected chi connectivity index (χ0v) is 29.8. The average molecular weight is 703 g/mol. The fourth-order valence-corrected chi connectivity index (χ4v) is 7.95. The number of rotatable bonds is 6. The molecule has 0 aliphatic carbocycles. The van der Waals surface area contributed by atoms with Crippen LogP contribution in [0.25, 0.3) is 90.9 Å². The molecule has 0 radical (unpaired) electrons. The van der Waals surface area contributed by atoms with E-state index in [2.05, 4.69) is 150 Å². The number of hydrogen-bond acceptors (Lipinski definition) is 4. The normalized spacial score (nSPS) is 11.9. The lowest BCUT2D eigenvalue weighted by atomic mass is 9.96. The van der Waals surface area contributed by atoms with Crippen LogP contribution in [0.4, 0.5) is 0 Å². The van der Waals surface area contributed by atoms with E-state index in [1.54, 1.807) is 6.92 Å². The van der Waals surface area contributed by atoms with Crippen molar-refractivity contribution in [2.24, 2.45) is 0 Å². The molecule has 2 aliphatic heterocycles. The van der Waals surface area contributed by atoms with Crippen molar-refractivity contribution in [1.29, 1.82) is 0 Å². The highest BCUT2D eigenvalue weighted by Gasteiger charge is 2.22. The number of aromatic amines is 2. The second-order valence-corrected chi connectivity index (χ2v) is 14.2. The molecule has 0 fully saturated rings. The van der Waals surface area contributed by atoms with E-state index in [0.29, 0.717) is 5.75 Å². The molecule has 0 unspecified atom stereocenters. The van der Waals surface area contributed by atoms with Crippen molar-refractivity contribution < 1.29 is 4.79 Å². The SMILES string of the molecule is CC(=O)SCc1c(-c2ccccc2)c2[nH]c1cc1nc(c(-c3ccccc3)c3ccc([nH]3)c(-c3ccccc3)c3nc(c2-c2ccccc2)C=C3)C=C1. The lowest BCUT2D eigenvalue weighted by molar-refractivity contribution is -0.109. The Hall–Kier alpha value is -6.50. The van der Waals surface area contributed by atoms with Crippen LogP contribution in [0.2, 0.25) is 0 Å². The first-order valence-corrected chi connectivity index (χ1v) is 18.6. The van der Waals surface area contributed by atoms with Crippen molar-refractivity contribution >= 4 is 63.2 Å². The van der Waals surface area contributed by atoms with E-state index < -0.39 is 0 Å². The van der Waals surface area contributed by atoms with Gasteiger partial charge in [0.25, 0.3) is 0 Å². The van der Waals surface area contributed by atoms with E-state index in [0.717, 1.165) is 94.9 Å². The zero-order valence-electron chi connectivity index (χ0n) is 29.0. The molecular weight excluding hydrogens is 669 g/mol. The number of carbonyl (C=O) groups is 1. The van der Waals surface area contributed by atoms with Gasteiger partial charge in [0.1, 0.15) is 0 Å². The summed E-state index contributed by atoms with van der Waals surface area (Å²) < 4.78 is 0. The molecule has 6 heteroatoms. The van der Waals surface area contributed by atoms with Crippen molar-refractivity contribution in [3.63, 3.8) is 0 Å². The highest BCUT2D eigenvalue weighted by molar-refractivity contribution is 8.12. The van der Waals surface area contributed by atoms with Gasteiger partial charge >= 0.3 is 0 Å². The second kappa shape index (κ2) is 13.9. The lowest BCUT2D eigenvalue weighted by Gasteiger charge is -2.09. The Bertz CT molecular complexity index is 2730. The first-order chi connectivity index (χ1) is 26.1. The number of fused-ring (bicyclic) bond motifs is 8. The minimum absolute atomic E-state index is 0.0654. The third kappa shape index (κ3) is 6.24. The molecule has 0 atom stereocenters. The first-order valence-electron chi connectivity index (χ1n) is 17.6. The highest BCUT2D eigenvalue weighted by atomic mass is 32.2. The van der Waals surface area contributed by atoms with E-state index in [1.807, 2.05) is 24.3 Å². The van der Waals surface area contributed by atoms with Gasteiger partial charge in [0.15, 0.2) is 5.12 Å². The fourth-order valence-electron chi connectivity index (χ4n) is 7.31. The van der Waals surface area contributed by atoms with Gasteiger partial charge in [0.2, 0.25) is 0 Å². The summed E-state index contributed by atoms with van der Waals surface area (Å²) in [7, 11) is 0. The van der Waals surface area contributed by atoms with Crippen LogP contribution in [-0.2, 0) is 10.5 Å². The van der Waals surface area contributed by atoms with E-state index >= 15 is 0 Å². The third-order valence-corrected chi connectivity index (χ3v) is 10.5. The Morgan fingerprint density at radius 1 is 0.509 bits per heavy atom. The molecule has 8 bridgehead atoms. The Morgan fingerprint density at radius 3 is 1.49 bits per heavy atom. The number of benzene rings is 4. The van der Waals surface area contributed by atoms with Gasteiger partial charge in [-0.2, -0.15) is 0 Å². The molecule has 5 nitrogen and oxygen atoms in total. The smallest absolute Gasteiger partial charge is 0.186 e. The summed E-state index contributed by atoms with van der Waals surface area (Å²) in [5.41, 5.74) is 16.5. The van der Waals surface area contributed by atoms with Gasteiger partial charge in [-0.3, -0.25) is 4.79 Å². The molecule has 0 spiro atoms. The summed E-state index contributed by atoms with van der Waals surface area (Å²) in [5, 5.41) is 0.0654. The molecule has 5 heterocycles. The predicted octanol–water partition coefficient (Wildman–Crippen LogP) is 12.1. The van der Waals surface area contributed by atoms with Gasteiger partial charge in [-0.15, -0.1) is 0 Å². The Kier molecular flexibility index (Phi) is 8.50. The first kappa shape index (κ1) is 32.4. The van der Waals surface area contributed by atoms with Crippen molar-refractivity contribution in [2.75, 3.05) is 0 Å². The van der Waals surface area contributed by atoms with Gasteiger partial charge in [-0.1, -0.05) is 133 Å². The summed E-state index contributed by atoms with van der Waals surface area (Å²) >= 11 is 1.31. The standard InChI is InChI=1S/C47H34N4OS/c1-30(52)53-29-36-42-28-35-22-23-37(48-35)44(32-16-8-3-9-17-32)38-24-25-39(49-38)45(33-18-10-4-11-19-33)40-26-27-41(50-40)46(34-20-12-5-13-21-34)47(51-42)43(36)31-14-6-2-7-15-31/h2-28,49,51H,29H2,1H3. The Balaban J connectivity index is 1.50. The number of aromatic nitrogens is 4. The van der Waals surface area contributed by atoms with E-state index in [9.17, 15) is 4.79 Å². The van der Waals surface area contributed by atoms with Crippen LogP contribution in [0.15, 0.2) is 140 Å². The summed E-state index contributed by atoms with van der Waals surface area (Å²) in [4.78, 5) is 30.9. The molecule has 53 heavy (non-hydrogen) atoms. The van der Waals surface area contributed by atoms with Gasteiger partial charge in [0, 0.05) is 51.5 Å². The van der Waals surface area contributed by atoms with Crippen LogP contribution in [0.1, 0.15) is 35.3 Å². The minimum Gasteiger partial charge on any atom is -0.354 e. The predicted molar refractivity (Wildman–Crippen MR) is 223 cm³/mol. The van der Waals surface area contributed by atoms with Crippen LogP contribution in [0, 0.1) is 0 Å². The zero-order chi connectivity index (χ0) is 35.7. The van der Waals surface area contributed by atoms with Crippen LogP contribution >= 0.6 is 11.8 Å². The van der Waals surface area contributed by atoms with Crippen LogP contribution in [-0.4, -0.2) is 25.1 Å². The van der Waals surface area contributed by atoms with Gasteiger partial charge in [-0.25, -0.2) is 9.97 Å². The largest absolute Gasteiger partial charge is 0.354 e. The molecule has 3 aromatic heterocycles. The highest BCUT2D eigenvalue weighted by Crippen LogP contribution is 2.42. The maximum absolute atomic E-state index is 12.5. The molecule has 254 valence electrons. The molecular formula is C47H34N4OS. The second-order valence-electron chi connectivity index (χ2n) is 13.0. The van der Waals surface area contributed by atoms with Crippen LogP contribution in [0.3, 0.4) is 0 Å². The molecule has 0 saturated heterocycles. The molecule has 7 aromatic rings. The monoisotopic (exact) mass is 702 g/mol. The van der Waals surface area contributed by atoms with E-state index in [4.69, 9.17) is 9.97 Å². The summed E-state index contributed by atoms with van der Waals surface area (Å²) in [6, 6.07) is 48.1. The maximum atomic E-state index is 12.5. The molecule has 2 aliphatic rings. The third-order valence-electron chi connectivity index (χ3n) is 9.64. The number of nitrogens with zero attached hydrogens (tertiary/aromatic N) is 2. The van der Waals surface area contributed by atoms with Crippen LogP contribution in [0.5, 0.6) is 0 Å². The fraction of sp³-hybridized carbons (Fsp3) is 0.0426. The molecule has 9 rings (SSSR count). The Morgan fingerprint density at radius 2 is 0.962 bits per heavy atom. The van der Waals surface area contributed by atoms with Gasteiger partial charge in [-0.05, 0) is 70.3 Å². The van der Waals surface area contributed by atoms with Crippen molar-refractivity contribution in [3.05, 3.63) is 168 Å². The summed E-state index contributed by atoms with van der Waals surface area (Å²) in [6.45, 7) is 1.63. The van der Waals surface area contributed by atoms with Crippen LogP contribution < -0.4 is 0 Å². The molecule has 4 aromatic carbocycles.